The molecule has 0 N–H and O–H groups in total. The molecule has 0 spiro atoms. The Balaban J connectivity index is 0.984. The lowest BCUT2D eigenvalue weighted by molar-refractivity contribution is -0.335. The van der Waals surface area contributed by atoms with Crippen molar-refractivity contribution < 1.29 is 61.4 Å². The minimum atomic E-state index is -1.36. The summed E-state index contributed by atoms with van der Waals surface area (Å²) in [6.45, 7) is 0.705. The van der Waals surface area contributed by atoms with Gasteiger partial charge in [-0.05, 0) is 76.0 Å². The van der Waals surface area contributed by atoms with E-state index >= 15 is 0 Å². The highest BCUT2D eigenvalue weighted by molar-refractivity contribution is 7.99. The van der Waals surface area contributed by atoms with E-state index in [1.165, 1.54) is 0 Å². The highest BCUT2D eigenvalue weighted by atomic mass is 32.2. The summed E-state index contributed by atoms with van der Waals surface area (Å²) in [6.07, 6.45) is -9.51. The lowest BCUT2D eigenvalue weighted by Gasteiger charge is -2.47. The summed E-state index contributed by atoms with van der Waals surface area (Å²) in [6, 6.07) is 73.6. The Hall–Kier alpha value is -7.80. The van der Waals surface area contributed by atoms with Crippen molar-refractivity contribution in [3.05, 3.63) is 276 Å². The molecule has 2 aliphatic heterocycles. The van der Waals surface area contributed by atoms with Gasteiger partial charge in [-0.1, -0.05) is 200 Å². The molecular weight excluding hydrogens is 1070 g/mol. The number of benzene rings is 8. The maximum absolute atomic E-state index is 14.6. The molecule has 83 heavy (non-hydrogen) atoms. The fourth-order valence-corrected chi connectivity index (χ4v) is 11.0. The van der Waals surface area contributed by atoms with Gasteiger partial charge in [0.25, 0.3) is 5.22 Å². The molecule has 3 heterocycles. The molecule has 424 valence electrons. The number of para-hydroxylation sites is 2. The van der Waals surface area contributed by atoms with E-state index in [4.69, 9.17) is 56.8 Å². The molecule has 10 atom stereocenters. The van der Waals surface area contributed by atoms with Gasteiger partial charge in [0.15, 0.2) is 24.1 Å². The summed E-state index contributed by atoms with van der Waals surface area (Å²) in [4.78, 5) is 33.9. The van der Waals surface area contributed by atoms with Crippen molar-refractivity contribution in [2.75, 3.05) is 13.2 Å². The zero-order valence-electron chi connectivity index (χ0n) is 45.4. The van der Waals surface area contributed by atoms with Gasteiger partial charge in [-0.3, -0.25) is 0 Å². The normalized spacial score (nSPS) is 22.4. The number of rotatable bonds is 25. The Labute approximate surface area is 486 Å². The van der Waals surface area contributed by atoms with E-state index in [0.717, 1.165) is 39.6 Å². The molecule has 9 aromatic rings. The van der Waals surface area contributed by atoms with E-state index in [2.05, 4.69) is 0 Å². The lowest BCUT2D eigenvalue weighted by atomic mass is 9.97. The molecule has 8 aromatic carbocycles. The molecular formula is C68H63NO13S. The Morgan fingerprint density at radius 1 is 0.386 bits per heavy atom. The molecule has 2 saturated heterocycles. The first-order valence-corrected chi connectivity index (χ1v) is 28.6. The van der Waals surface area contributed by atoms with Crippen LogP contribution in [0, 0.1) is 0 Å². The number of oxazole rings is 1. The SMILES string of the molecule is O=C(O[C@@H]1[C@@H](OCc2ccccc2)[C@H](Sc2nc3ccccc3o2)O[C@H](CO[C@@H]2O[C@H](COCc3ccccc3)[C@@H](OCc3ccccc3)[C@H](OCc3ccccc3)[C@H]2OCc2ccccc2)[C@H]1OC(=O)c1ccccc1)c1ccccc1. The number of hydrogen-bond acceptors (Lipinski definition) is 15. The molecule has 15 heteroatoms. The van der Waals surface area contributed by atoms with Gasteiger partial charge in [-0.25, -0.2) is 14.6 Å². The summed E-state index contributed by atoms with van der Waals surface area (Å²) >= 11 is 1.14. The number of carbonyl (C=O) groups excluding carboxylic acids is 2. The molecule has 2 fully saturated rings. The quantitative estimate of drug-likeness (QED) is 0.0499. The first-order chi connectivity index (χ1) is 41.0. The van der Waals surface area contributed by atoms with Crippen LogP contribution in [-0.2, 0) is 80.4 Å². The summed E-state index contributed by atoms with van der Waals surface area (Å²) in [7, 11) is 0. The highest BCUT2D eigenvalue weighted by Gasteiger charge is 2.54. The number of aromatic nitrogens is 1. The fourth-order valence-electron chi connectivity index (χ4n) is 9.93. The number of carbonyl (C=O) groups is 2. The average Bonchev–Trinajstić information content (AvgIpc) is 4.06. The lowest BCUT2D eigenvalue weighted by Crippen LogP contribution is -2.63. The highest BCUT2D eigenvalue weighted by Crippen LogP contribution is 2.40. The predicted molar refractivity (Wildman–Crippen MR) is 311 cm³/mol. The third kappa shape index (κ3) is 15.5. The zero-order chi connectivity index (χ0) is 56.4. The zero-order valence-corrected chi connectivity index (χ0v) is 46.2. The van der Waals surface area contributed by atoms with E-state index < -0.39 is 72.5 Å². The average molecular weight is 1130 g/mol. The first-order valence-electron chi connectivity index (χ1n) is 27.7. The van der Waals surface area contributed by atoms with Crippen LogP contribution in [0.4, 0.5) is 0 Å². The minimum absolute atomic E-state index is 0.0708. The van der Waals surface area contributed by atoms with Gasteiger partial charge in [0.1, 0.15) is 47.6 Å². The summed E-state index contributed by atoms with van der Waals surface area (Å²) in [5.74, 6) is -1.38. The molecule has 0 saturated carbocycles. The monoisotopic (exact) mass is 1130 g/mol. The molecule has 0 amide bonds. The molecule has 1 aromatic heterocycles. The summed E-state index contributed by atoms with van der Waals surface area (Å²) in [5, 5.41) is 0.264. The molecule has 11 rings (SSSR count). The van der Waals surface area contributed by atoms with Gasteiger partial charge in [0, 0.05) is 0 Å². The Bertz CT molecular complexity index is 3350. The van der Waals surface area contributed by atoms with Gasteiger partial charge in [0.2, 0.25) is 0 Å². The topological polar surface area (TPSA) is 152 Å². The number of thioether (sulfide) groups is 1. The standard InChI is InChI=1S/C68H63NO13S/c70-64(52-34-18-6-19-35-52)81-59-57(79-67(83-68-69-54-38-22-23-39-55(54)80-68)63(76-44-51-32-16-5-17-33-51)61(59)82-65(71)53-36-20-7-21-37-53)46-77-66-62(75-43-50-30-14-4-15-31-50)60(74-42-49-28-12-3-13-29-49)58(73-41-48-26-10-2-11-27-48)56(78-66)45-72-40-47-24-8-1-9-25-47/h1-39,56-63,66-67H,40-46H2/t56-,57-,58-,59-,60+,61+,62-,63-,66-,67+/m1/s1. The minimum Gasteiger partial charge on any atom is -0.452 e. The Kier molecular flexibility index (Phi) is 19.9. The van der Waals surface area contributed by atoms with Gasteiger partial charge in [-0.2, -0.15) is 0 Å². The molecule has 0 bridgehead atoms. The third-order valence-corrected chi connectivity index (χ3v) is 15.1. The molecule has 0 unspecified atom stereocenters. The fraction of sp³-hybridized carbons (Fsp3) is 0.250. The van der Waals surface area contributed by atoms with Crippen molar-refractivity contribution >= 4 is 34.8 Å². The van der Waals surface area contributed by atoms with Crippen molar-refractivity contribution in [1.82, 2.24) is 4.98 Å². The van der Waals surface area contributed by atoms with Crippen LogP contribution < -0.4 is 0 Å². The van der Waals surface area contributed by atoms with E-state index in [0.29, 0.717) is 17.7 Å². The molecule has 0 aliphatic carbocycles. The van der Waals surface area contributed by atoms with Crippen LogP contribution in [0.1, 0.15) is 48.5 Å². The van der Waals surface area contributed by atoms with Gasteiger partial charge in [0.05, 0.1) is 57.4 Å². The summed E-state index contributed by atoms with van der Waals surface area (Å²) in [5.41, 5.74) is 5.28. The molecule has 2 aliphatic rings. The van der Waals surface area contributed by atoms with Crippen LogP contribution in [0.3, 0.4) is 0 Å². The van der Waals surface area contributed by atoms with Crippen LogP contribution in [0.5, 0.6) is 0 Å². The van der Waals surface area contributed by atoms with Crippen molar-refractivity contribution in [1.29, 1.82) is 0 Å². The second-order valence-corrected chi connectivity index (χ2v) is 21.1. The van der Waals surface area contributed by atoms with Crippen molar-refractivity contribution in [3.63, 3.8) is 0 Å². The first kappa shape index (κ1) is 57.0. The van der Waals surface area contributed by atoms with E-state index in [1.807, 2.05) is 176 Å². The maximum atomic E-state index is 14.6. The Morgan fingerprint density at radius 2 is 0.795 bits per heavy atom. The number of esters is 2. The van der Waals surface area contributed by atoms with E-state index in [9.17, 15) is 9.59 Å². The number of hydrogen-bond donors (Lipinski definition) is 0. The van der Waals surface area contributed by atoms with Gasteiger partial charge in [-0.15, -0.1) is 0 Å². The second kappa shape index (κ2) is 28.9. The van der Waals surface area contributed by atoms with Crippen LogP contribution in [0.15, 0.2) is 246 Å². The largest absolute Gasteiger partial charge is 0.452 e. The van der Waals surface area contributed by atoms with Crippen LogP contribution in [-0.4, -0.2) is 90.7 Å². The third-order valence-electron chi connectivity index (χ3n) is 14.1. The van der Waals surface area contributed by atoms with Crippen LogP contribution in [0.25, 0.3) is 11.1 Å². The number of fused-ring (bicyclic) bond motifs is 1. The van der Waals surface area contributed by atoms with Gasteiger partial charge < -0.3 is 51.8 Å². The van der Waals surface area contributed by atoms with E-state index in [1.54, 1.807) is 60.7 Å². The van der Waals surface area contributed by atoms with Crippen molar-refractivity contribution in [3.8, 4) is 0 Å². The van der Waals surface area contributed by atoms with Gasteiger partial charge >= 0.3 is 11.9 Å². The predicted octanol–water partition coefficient (Wildman–Crippen LogP) is 12.4. The van der Waals surface area contributed by atoms with E-state index in [-0.39, 0.29) is 56.0 Å². The molecule has 14 nitrogen and oxygen atoms in total. The Morgan fingerprint density at radius 3 is 1.30 bits per heavy atom. The summed E-state index contributed by atoms with van der Waals surface area (Å²) < 4.78 is 75.1. The number of ether oxygens (including phenoxy) is 10. The molecule has 0 radical (unpaired) electrons. The van der Waals surface area contributed by atoms with Crippen molar-refractivity contribution in [2.24, 2.45) is 0 Å². The maximum Gasteiger partial charge on any atom is 0.338 e. The van der Waals surface area contributed by atoms with Crippen LogP contribution >= 0.6 is 11.8 Å². The number of nitrogens with zero attached hydrogens (tertiary/aromatic N) is 1. The van der Waals surface area contributed by atoms with Crippen molar-refractivity contribution in [2.45, 2.75) is 98.8 Å². The smallest absolute Gasteiger partial charge is 0.338 e. The second-order valence-electron chi connectivity index (χ2n) is 20.0. The van der Waals surface area contributed by atoms with Crippen LogP contribution in [0.2, 0.25) is 0 Å².